The predicted molar refractivity (Wildman–Crippen MR) is 96.0 cm³/mol. The van der Waals surface area contributed by atoms with Crippen molar-refractivity contribution in [2.24, 2.45) is 5.92 Å². The van der Waals surface area contributed by atoms with Crippen molar-refractivity contribution in [2.45, 2.75) is 32.5 Å². The van der Waals surface area contributed by atoms with E-state index in [0.717, 1.165) is 49.7 Å². The van der Waals surface area contributed by atoms with Crippen molar-refractivity contribution in [1.29, 1.82) is 0 Å². The summed E-state index contributed by atoms with van der Waals surface area (Å²) >= 11 is 0. The summed E-state index contributed by atoms with van der Waals surface area (Å²) in [5, 5.41) is 7.92. The molecule has 0 unspecified atom stereocenters. The first-order chi connectivity index (χ1) is 12.3. The van der Waals surface area contributed by atoms with Gasteiger partial charge in [-0.25, -0.2) is 0 Å². The Balaban J connectivity index is 1.60. The van der Waals surface area contributed by atoms with Crippen LogP contribution in [0, 0.1) is 5.92 Å². The summed E-state index contributed by atoms with van der Waals surface area (Å²) in [6.45, 7) is 5.40. The molecule has 2 atom stereocenters. The lowest BCUT2D eigenvalue weighted by Gasteiger charge is -2.19. The Kier molecular flexibility index (Phi) is 5.94. The van der Waals surface area contributed by atoms with Gasteiger partial charge in [0.2, 0.25) is 0 Å². The lowest BCUT2D eigenvalue weighted by atomic mass is 9.97. The van der Waals surface area contributed by atoms with Crippen LogP contribution in [0.2, 0.25) is 0 Å². The highest BCUT2D eigenvalue weighted by atomic mass is 16.5. The lowest BCUT2D eigenvalue weighted by molar-refractivity contribution is 0.0903. The van der Waals surface area contributed by atoms with E-state index in [9.17, 15) is 0 Å². The fourth-order valence-electron chi connectivity index (χ4n) is 3.40. The predicted octanol–water partition coefficient (Wildman–Crippen LogP) is 2.79. The molecule has 2 heterocycles. The molecule has 2 aromatic rings. The van der Waals surface area contributed by atoms with Gasteiger partial charge in [0.05, 0.1) is 26.5 Å². The van der Waals surface area contributed by atoms with Crippen LogP contribution in [0.5, 0.6) is 11.5 Å². The first kappa shape index (κ1) is 17.8. The minimum Gasteiger partial charge on any atom is -0.493 e. The number of aryl methyl sites for hydroxylation is 1. The molecule has 0 aliphatic carbocycles. The van der Waals surface area contributed by atoms with E-state index in [1.165, 1.54) is 5.56 Å². The van der Waals surface area contributed by atoms with Crippen molar-refractivity contribution in [2.75, 3.05) is 27.4 Å². The molecule has 0 saturated carbocycles. The van der Waals surface area contributed by atoms with Crippen LogP contribution in [0.4, 0.5) is 0 Å². The zero-order chi connectivity index (χ0) is 17.6. The second kappa shape index (κ2) is 8.36. The summed E-state index contributed by atoms with van der Waals surface area (Å²) in [4.78, 5) is 0. The second-order valence-corrected chi connectivity index (χ2v) is 6.25. The molecule has 1 aromatic carbocycles. The maximum absolute atomic E-state index is 5.96. The topological polar surface area (TPSA) is 57.5 Å². The number of hydrogen-bond donors (Lipinski definition) is 1. The van der Waals surface area contributed by atoms with Crippen LogP contribution in [-0.2, 0) is 17.8 Å². The summed E-state index contributed by atoms with van der Waals surface area (Å²) in [5.74, 6) is 2.00. The third kappa shape index (κ3) is 3.96. The molecular formula is C19H27N3O3. The largest absolute Gasteiger partial charge is 0.493 e. The van der Waals surface area contributed by atoms with E-state index in [0.29, 0.717) is 5.92 Å². The first-order valence-corrected chi connectivity index (χ1v) is 8.81. The number of nitrogens with zero attached hydrogens (tertiary/aromatic N) is 2. The number of rotatable bonds is 8. The van der Waals surface area contributed by atoms with Gasteiger partial charge in [0.1, 0.15) is 0 Å². The van der Waals surface area contributed by atoms with Gasteiger partial charge in [-0.1, -0.05) is 12.1 Å². The van der Waals surface area contributed by atoms with Crippen molar-refractivity contribution in [3.8, 4) is 11.5 Å². The van der Waals surface area contributed by atoms with E-state index in [1.54, 1.807) is 14.2 Å². The summed E-state index contributed by atoms with van der Waals surface area (Å²) in [5.41, 5.74) is 2.27. The Morgan fingerprint density at radius 2 is 2.20 bits per heavy atom. The summed E-state index contributed by atoms with van der Waals surface area (Å²) in [6.07, 6.45) is 5.20. The van der Waals surface area contributed by atoms with Gasteiger partial charge in [0.25, 0.3) is 0 Å². The normalized spacial score (nSPS) is 20.0. The molecule has 0 bridgehead atoms. The van der Waals surface area contributed by atoms with E-state index in [2.05, 4.69) is 29.6 Å². The van der Waals surface area contributed by atoms with Gasteiger partial charge >= 0.3 is 0 Å². The molecule has 6 heteroatoms. The van der Waals surface area contributed by atoms with Crippen LogP contribution in [0.1, 0.15) is 30.6 Å². The Morgan fingerprint density at radius 1 is 1.32 bits per heavy atom. The SMILES string of the molecule is CCn1cc([C@H]2OCC[C@H]2CNCc2cccc(OC)c2OC)cn1. The molecule has 1 N–H and O–H groups in total. The number of hydrogen-bond acceptors (Lipinski definition) is 5. The van der Waals surface area contributed by atoms with Crippen LogP contribution in [0.25, 0.3) is 0 Å². The third-order valence-corrected chi connectivity index (χ3v) is 4.73. The zero-order valence-corrected chi connectivity index (χ0v) is 15.2. The molecular weight excluding hydrogens is 318 g/mol. The lowest BCUT2D eigenvalue weighted by Crippen LogP contribution is -2.24. The number of ether oxygens (including phenoxy) is 3. The van der Waals surface area contributed by atoms with Crippen molar-refractivity contribution in [3.05, 3.63) is 41.7 Å². The minimum absolute atomic E-state index is 0.125. The fraction of sp³-hybridized carbons (Fsp3) is 0.526. The molecule has 1 fully saturated rings. The molecule has 0 radical (unpaired) electrons. The summed E-state index contributed by atoms with van der Waals surface area (Å²) in [7, 11) is 3.33. The smallest absolute Gasteiger partial charge is 0.165 e. The van der Waals surface area contributed by atoms with Crippen LogP contribution in [0.3, 0.4) is 0 Å². The van der Waals surface area contributed by atoms with E-state index >= 15 is 0 Å². The summed E-state index contributed by atoms with van der Waals surface area (Å²) in [6, 6.07) is 5.95. The minimum atomic E-state index is 0.125. The van der Waals surface area contributed by atoms with Crippen molar-refractivity contribution in [1.82, 2.24) is 15.1 Å². The van der Waals surface area contributed by atoms with Crippen molar-refractivity contribution < 1.29 is 14.2 Å². The van der Waals surface area contributed by atoms with Crippen LogP contribution in [-0.4, -0.2) is 37.2 Å². The van der Waals surface area contributed by atoms with Crippen LogP contribution >= 0.6 is 0 Å². The van der Waals surface area contributed by atoms with E-state index in [-0.39, 0.29) is 6.10 Å². The van der Waals surface area contributed by atoms with E-state index < -0.39 is 0 Å². The fourth-order valence-corrected chi connectivity index (χ4v) is 3.40. The summed E-state index contributed by atoms with van der Waals surface area (Å²) < 4.78 is 18.8. The molecule has 6 nitrogen and oxygen atoms in total. The van der Waals surface area contributed by atoms with Crippen LogP contribution < -0.4 is 14.8 Å². The quantitative estimate of drug-likeness (QED) is 0.797. The van der Waals surface area contributed by atoms with Gasteiger partial charge < -0.3 is 19.5 Å². The number of benzene rings is 1. The molecule has 0 spiro atoms. The Morgan fingerprint density at radius 3 is 2.92 bits per heavy atom. The highest BCUT2D eigenvalue weighted by molar-refractivity contribution is 5.46. The second-order valence-electron chi connectivity index (χ2n) is 6.25. The highest BCUT2D eigenvalue weighted by Gasteiger charge is 2.30. The van der Waals surface area contributed by atoms with E-state index in [1.807, 2.05) is 23.0 Å². The number of methoxy groups -OCH3 is 2. The maximum atomic E-state index is 5.96. The zero-order valence-electron chi connectivity index (χ0n) is 15.2. The molecule has 1 aromatic heterocycles. The van der Waals surface area contributed by atoms with Gasteiger partial charge in [-0.15, -0.1) is 0 Å². The standard InChI is InChI=1S/C19H27N3O3/c1-4-22-13-16(12-21-22)18-15(8-9-25-18)11-20-10-14-6-5-7-17(23-2)19(14)24-3/h5-7,12-13,15,18,20H,4,8-11H2,1-3H3/t15-,18-/m0/s1. The van der Waals surface area contributed by atoms with E-state index in [4.69, 9.17) is 14.2 Å². The maximum Gasteiger partial charge on any atom is 0.165 e. The average Bonchev–Trinajstić information content (AvgIpc) is 3.30. The molecule has 0 amide bonds. The Bertz CT molecular complexity index is 686. The molecule has 136 valence electrons. The van der Waals surface area contributed by atoms with Crippen LogP contribution in [0.15, 0.2) is 30.6 Å². The first-order valence-electron chi connectivity index (χ1n) is 8.81. The third-order valence-electron chi connectivity index (χ3n) is 4.73. The molecule has 25 heavy (non-hydrogen) atoms. The van der Waals surface area contributed by atoms with Gasteiger partial charge in [-0.2, -0.15) is 5.10 Å². The highest BCUT2D eigenvalue weighted by Crippen LogP contribution is 2.34. The van der Waals surface area contributed by atoms with Crippen molar-refractivity contribution in [3.63, 3.8) is 0 Å². The monoisotopic (exact) mass is 345 g/mol. The van der Waals surface area contributed by atoms with Gasteiger partial charge in [-0.05, 0) is 19.4 Å². The number of para-hydroxylation sites is 1. The van der Waals surface area contributed by atoms with Crippen molar-refractivity contribution >= 4 is 0 Å². The molecule has 1 aliphatic heterocycles. The average molecular weight is 345 g/mol. The van der Waals surface area contributed by atoms with Gasteiger partial charge in [0.15, 0.2) is 11.5 Å². The number of aromatic nitrogens is 2. The molecule has 1 aliphatic rings. The Hall–Kier alpha value is -2.05. The Labute approximate surface area is 149 Å². The molecule has 3 rings (SSSR count). The van der Waals surface area contributed by atoms with Gasteiger partial charge in [0, 0.05) is 49.5 Å². The van der Waals surface area contributed by atoms with Gasteiger partial charge in [-0.3, -0.25) is 4.68 Å². The molecule has 1 saturated heterocycles. The number of nitrogens with one attached hydrogen (secondary N) is 1.